The highest BCUT2D eigenvalue weighted by Gasteiger charge is 2.19. The fraction of sp³-hybridized carbons (Fsp3) is 0.357. The van der Waals surface area contributed by atoms with E-state index in [1.54, 1.807) is 12.1 Å². The number of ether oxygens (including phenoxy) is 1. The van der Waals surface area contributed by atoms with Gasteiger partial charge in [0.05, 0.1) is 6.10 Å². The summed E-state index contributed by atoms with van der Waals surface area (Å²) >= 11 is 0. The Bertz CT molecular complexity index is 424. The molecule has 0 aliphatic rings. The van der Waals surface area contributed by atoms with E-state index in [1.807, 2.05) is 0 Å². The quantitative estimate of drug-likeness (QED) is 0.656. The van der Waals surface area contributed by atoms with Crippen molar-refractivity contribution in [2.24, 2.45) is 0 Å². The van der Waals surface area contributed by atoms with E-state index < -0.39 is 18.2 Å². The van der Waals surface area contributed by atoms with Gasteiger partial charge in [-0.2, -0.15) is 0 Å². The predicted molar refractivity (Wildman–Crippen MR) is 69.9 cm³/mol. The lowest BCUT2D eigenvalue weighted by atomic mass is 10.0. The van der Waals surface area contributed by atoms with Crippen molar-refractivity contribution in [1.29, 1.82) is 0 Å². The van der Waals surface area contributed by atoms with Crippen molar-refractivity contribution in [3.05, 3.63) is 42.0 Å². The Hall–Kier alpha value is -1.85. The number of carboxylic acid groups (broad SMARTS) is 1. The molecule has 0 saturated heterocycles. The maximum Gasteiger partial charge on any atom is 0.327 e. The van der Waals surface area contributed by atoms with Crippen LogP contribution in [-0.2, 0) is 9.53 Å². The monoisotopic (exact) mass is 266 g/mol. The van der Waals surface area contributed by atoms with Gasteiger partial charge in [0, 0.05) is 13.2 Å². The van der Waals surface area contributed by atoms with Gasteiger partial charge in [0.2, 0.25) is 0 Å². The Kier molecular flexibility index (Phi) is 6.05. The second kappa shape index (κ2) is 7.56. The summed E-state index contributed by atoms with van der Waals surface area (Å²) in [5, 5.41) is 27.8. The lowest BCUT2D eigenvalue weighted by molar-refractivity contribution is -0.131. The van der Waals surface area contributed by atoms with Crippen LogP contribution in [0.1, 0.15) is 24.5 Å². The van der Waals surface area contributed by atoms with Gasteiger partial charge in [0.15, 0.2) is 0 Å². The average molecular weight is 266 g/mol. The largest absolute Gasteiger partial charge is 0.508 e. The number of rotatable bonds is 7. The highest BCUT2D eigenvalue weighted by atomic mass is 16.5. The first-order valence-corrected chi connectivity index (χ1v) is 5.94. The SMILES string of the molecule is CO[C@H](CC/C=C/C(=O)O)[C@H](O)c1ccc(O)cc1. The number of carboxylic acids is 1. The van der Waals surface area contributed by atoms with Gasteiger partial charge in [0.1, 0.15) is 11.9 Å². The Morgan fingerprint density at radius 3 is 2.53 bits per heavy atom. The molecule has 2 atom stereocenters. The second-order valence-electron chi connectivity index (χ2n) is 4.13. The molecule has 1 aromatic carbocycles. The van der Waals surface area contributed by atoms with Crippen LogP contribution in [0.2, 0.25) is 0 Å². The Morgan fingerprint density at radius 1 is 1.37 bits per heavy atom. The van der Waals surface area contributed by atoms with Gasteiger partial charge in [-0.15, -0.1) is 0 Å². The molecule has 3 N–H and O–H groups in total. The van der Waals surface area contributed by atoms with E-state index in [-0.39, 0.29) is 5.75 Å². The van der Waals surface area contributed by atoms with E-state index in [4.69, 9.17) is 9.84 Å². The zero-order valence-corrected chi connectivity index (χ0v) is 10.7. The molecule has 5 nitrogen and oxygen atoms in total. The van der Waals surface area contributed by atoms with E-state index in [0.717, 1.165) is 6.08 Å². The normalized spacial score (nSPS) is 14.4. The minimum absolute atomic E-state index is 0.134. The number of allylic oxidation sites excluding steroid dienone is 1. The first kappa shape index (κ1) is 15.2. The molecule has 1 rings (SSSR count). The molecule has 19 heavy (non-hydrogen) atoms. The molecule has 5 heteroatoms. The van der Waals surface area contributed by atoms with Crippen LogP contribution in [0.15, 0.2) is 36.4 Å². The number of hydrogen-bond donors (Lipinski definition) is 3. The lowest BCUT2D eigenvalue weighted by Crippen LogP contribution is -2.20. The van der Waals surface area contributed by atoms with Gasteiger partial charge in [-0.05, 0) is 30.5 Å². The number of aliphatic hydroxyl groups excluding tert-OH is 1. The van der Waals surface area contributed by atoms with Crippen molar-refractivity contribution < 1.29 is 24.9 Å². The molecule has 104 valence electrons. The van der Waals surface area contributed by atoms with Gasteiger partial charge in [0.25, 0.3) is 0 Å². The Morgan fingerprint density at radius 2 is 2.00 bits per heavy atom. The molecule has 0 aliphatic carbocycles. The van der Waals surface area contributed by atoms with Crippen LogP contribution in [0.25, 0.3) is 0 Å². The van der Waals surface area contributed by atoms with E-state index >= 15 is 0 Å². The van der Waals surface area contributed by atoms with Gasteiger partial charge in [-0.25, -0.2) is 4.79 Å². The third kappa shape index (κ3) is 5.11. The summed E-state index contributed by atoms with van der Waals surface area (Å²) in [6.45, 7) is 0. The number of methoxy groups -OCH3 is 1. The molecule has 0 fully saturated rings. The number of aliphatic carboxylic acids is 1. The summed E-state index contributed by atoms with van der Waals surface area (Å²) in [5.41, 5.74) is 0.645. The maximum absolute atomic E-state index is 10.3. The summed E-state index contributed by atoms with van der Waals surface area (Å²) in [6.07, 6.45) is 2.35. The maximum atomic E-state index is 10.3. The van der Waals surface area contributed by atoms with Crippen LogP contribution >= 0.6 is 0 Å². The third-order valence-electron chi connectivity index (χ3n) is 2.77. The average Bonchev–Trinajstić information content (AvgIpc) is 2.39. The smallest absolute Gasteiger partial charge is 0.327 e. The molecule has 0 unspecified atom stereocenters. The summed E-state index contributed by atoms with van der Waals surface area (Å²) in [5.74, 6) is -0.859. The minimum Gasteiger partial charge on any atom is -0.508 e. The number of carbonyl (C=O) groups is 1. The van der Waals surface area contributed by atoms with Crippen LogP contribution in [0.3, 0.4) is 0 Å². The molecular weight excluding hydrogens is 248 g/mol. The Labute approximate surface area is 111 Å². The number of aromatic hydroxyl groups is 1. The number of benzene rings is 1. The van der Waals surface area contributed by atoms with Crippen molar-refractivity contribution in [1.82, 2.24) is 0 Å². The van der Waals surface area contributed by atoms with Crippen molar-refractivity contribution in [3.63, 3.8) is 0 Å². The number of phenolic OH excluding ortho intramolecular Hbond substituents is 1. The first-order valence-electron chi connectivity index (χ1n) is 5.94. The van der Waals surface area contributed by atoms with Crippen molar-refractivity contribution in [2.45, 2.75) is 25.0 Å². The van der Waals surface area contributed by atoms with Gasteiger partial charge in [-0.1, -0.05) is 18.2 Å². The highest BCUT2D eigenvalue weighted by molar-refractivity contribution is 5.79. The topological polar surface area (TPSA) is 87.0 Å². The van der Waals surface area contributed by atoms with Crippen molar-refractivity contribution in [2.75, 3.05) is 7.11 Å². The second-order valence-corrected chi connectivity index (χ2v) is 4.13. The standard InChI is InChI=1S/C14H18O5/c1-19-12(4-2-3-5-13(16)17)14(18)10-6-8-11(15)9-7-10/h3,5-9,12,14-15,18H,2,4H2,1H3,(H,16,17)/b5-3+/t12-,14-/m1/s1. The highest BCUT2D eigenvalue weighted by Crippen LogP contribution is 2.23. The van der Waals surface area contributed by atoms with E-state index in [0.29, 0.717) is 18.4 Å². The zero-order valence-electron chi connectivity index (χ0n) is 10.7. The minimum atomic E-state index is -0.993. The number of hydrogen-bond acceptors (Lipinski definition) is 4. The van der Waals surface area contributed by atoms with E-state index in [1.165, 1.54) is 25.3 Å². The van der Waals surface area contributed by atoms with E-state index in [2.05, 4.69) is 0 Å². The van der Waals surface area contributed by atoms with Crippen LogP contribution in [0, 0.1) is 0 Å². The molecule has 0 saturated carbocycles. The zero-order chi connectivity index (χ0) is 14.3. The summed E-state index contributed by atoms with van der Waals surface area (Å²) in [7, 11) is 1.50. The molecule has 0 spiro atoms. The fourth-order valence-electron chi connectivity index (χ4n) is 1.74. The van der Waals surface area contributed by atoms with Crippen LogP contribution in [0.5, 0.6) is 5.75 Å². The number of aliphatic hydroxyl groups is 1. The fourth-order valence-corrected chi connectivity index (χ4v) is 1.74. The molecule has 0 amide bonds. The van der Waals surface area contributed by atoms with Crippen LogP contribution in [0.4, 0.5) is 0 Å². The molecule has 0 heterocycles. The Balaban J connectivity index is 2.58. The summed E-state index contributed by atoms with van der Waals surface area (Å²) in [6, 6.07) is 6.24. The van der Waals surface area contributed by atoms with Crippen molar-refractivity contribution >= 4 is 5.97 Å². The summed E-state index contributed by atoms with van der Waals surface area (Å²) in [4.78, 5) is 10.3. The number of phenols is 1. The van der Waals surface area contributed by atoms with E-state index in [9.17, 15) is 15.0 Å². The van der Waals surface area contributed by atoms with Gasteiger partial charge < -0.3 is 20.1 Å². The van der Waals surface area contributed by atoms with Crippen LogP contribution < -0.4 is 0 Å². The molecule has 0 radical (unpaired) electrons. The molecular formula is C14H18O5. The molecule has 0 aliphatic heterocycles. The summed E-state index contributed by atoms with van der Waals surface area (Å²) < 4.78 is 5.21. The molecule has 0 bridgehead atoms. The van der Waals surface area contributed by atoms with Crippen LogP contribution in [-0.4, -0.2) is 34.5 Å². The molecule has 1 aromatic rings. The van der Waals surface area contributed by atoms with Crippen molar-refractivity contribution in [3.8, 4) is 5.75 Å². The van der Waals surface area contributed by atoms with Gasteiger partial charge in [-0.3, -0.25) is 0 Å². The third-order valence-corrected chi connectivity index (χ3v) is 2.77. The lowest BCUT2D eigenvalue weighted by Gasteiger charge is -2.21. The van der Waals surface area contributed by atoms with Gasteiger partial charge >= 0.3 is 5.97 Å². The molecule has 0 aromatic heterocycles. The first-order chi connectivity index (χ1) is 9.04. The predicted octanol–water partition coefficient (Wildman–Crippen LogP) is 1.86.